The summed E-state index contributed by atoms with van der Waals surface area (Å²) in [6.07, 6.45) is 1.56. The third-order valence-corrected chi connectivity index (χ3v) is 6.70. The van der Waals surface area contributed by atoms with Crippen LogP contribution in [0.1, 0.15) is 0 Å². The summed E-state index contributed by atoms with van der Waals surface area (Å²) < 4.78 is 30.7. The lowest BCUT2D eigenvalue weighted by atomic mass is 10.1. The molecule has 4 aromatic rings. The molecule has 0 radical (unpaired) electrons. The molecule has 0 bridgehead atoms. The summed E-state index contributed by atoms with van der Waals surface area (Å²) in [7, 11) is -3.53. The highest BCUT2D eigenvalue weighted by Crippen LogP contribution is 2.28. The summed E-state index contributed by atoms with van der Waals surface area (Å²) in [4.78, 5) is 0.260. The van der Waals surface area contributed by atoms with Crippen molar-refractivity contribution in [2.24, 2.45) is 0 Å². The first-order chi connectivity index (χ1) is 14.0. The molecule has 1 heterocycles. The molecule has 29 heavy (non-hydrogen) atoms. The molecule has 146 valence electrons. The number of rotatable bonds is 6. The second-order valence-electron chi connectivity index (χ2n) is 6.09. The number of fused-ring (bicyclic) bond motifs is 1. The van der Waals surface area contributed by atoms with Crippen molar-refractivity contribution in [3.8, 4) is 11.5 Å². The van der Waals surface area contributed by atoms with Gasteiger partial charge in [-0.25, -0.2) is 8.42 Å². The molecule has 3 aromatic carbocycles. The molecule has 0 unspecified atom stereocenters. The SMILES string of the molecule is O=S(=O)(/C=C/CSc1nnc(-c2ccccc2Cl)o1)c1ccc2ccccc2c1. The van der Waals surface area contributed by atoms with Crippen LogP contribution in [-0.4, -0.2) is 24.4 Å². The number of sulfone groups is 1. The van der Waals surface area contributed by atoms with Crippen molar-refractivity contribution in [3.05, 3.63) is 83.2 Å². The van der Waals surface area contributed by atoms with Crippen LogP contribution < -0.4 is 0 Å². The smallest absolute Gasteiger partial charge is 0.277 e. The highest BCUT2D eigenvalue weighted by Gasteiger charge is 2.13. The van der Waals surface area contributed by atoms with Crippen LogP contribution in [0.25, 0.3) is 22.2 Å². The number of halogens is 1. The van der Waals surface area contributed by atoms with Gasteiger partial charge in [0.05, 0.1) is 15.5 Å². The molecule has 0 aliphatic rings. The Labute approximate surface area is 177 Å². The first-order valence-electron chi connectivity index (χ1n) is 8.64. The summed E-state index contributed by atoms with van der Waals surface area (Å²) in [5, 5.41) is 11.9. The zero-order valence-corrected chi connectivity index (χ0v) is 17.4. The topological polar surface area (TPSA) is 73.1 Å². The fourth-order valence-corrected chi connectivity index (χ4v) is 4.69. The van der Waals surface area contributed by atoms with Gasteiger partial charge in [0.15, 0.2) is 9.84 Å². The average molecular weight is 443 g/mol. The number of hydrogen-bond donors (Lipinski definition) is 0. The van der Waals surface area contributed by atoms with Crippen LogP contribution in [0, 0.1) is 0 Å². The van der Waals surface area contributed by atoms with Gasteiger partial charge >= 0.3 is 0 Å². The van der Waals surface area contributed by atoms with Gasteiger partial charge in [-0.1, -0.05) is 71.9 Å². The Morgan fingerprint density at radius 2 is 1.72 bits per heavy atom. The highest BCUT2D eigenvalue weighted by atomic mass is 35.5. The van der Waals surface area contributed by atoms with E-state index < -0.39 is 9.84 Å². The van der Waals surface area contributed by atoms with E-state index in [0.29, 0.717) is 27.5 Å². The number of thioether (sulfide) groups is 1. The van der Waals surface area contributed by atoms with Crippen LogP contribution in [0.4, 0.5) is 0 Å². The predicted molar refractivity (Wildman–Crippen MR) is 116 cm³/mol. The quantitative estimate of drug-likeness (QED) is 0.360. The van der Waals surface area contributed by atoms with Crippen LogP contribution in [0.3, 0.4) is 0 Å². The van der Waals surface area contributed by atoms with Crippen LogP contribution >= 0.6 is 23.4 Å². The zero-order valence-electron chi connectivity index (χ0n) is 15.0. The van der Waals surface area contributed by atoms with Crippen molar-refractivity contribution >= 4 is 44.0 Å². The lowest BCUT2D eigenvalue weighted by Gasteiger charge is -2.02. The molecule has 0 saturated heterocycles. The van der Waals surface area contributed by atoms with Crippen LogP contribution in [0.15, 0.2) is 92.7 Å². The van der Waals surface area contributed by atoms with Gasteiger partial charge in [-0.3, -0.25) is 0 Å². The number of nitrogens with zero attached hydrogens (tertiary/aromatic N) is 2. The number of aromatic nitrogens is 2. The summed E-state index contributed by atoms with van der Waals surface area (Å²) in [6.45, 7) is 0. The standard InChI is InChI=1S/C21H15ClN2O3S2/c22-19-9-4-3-8-18(19)20-23-24-21(27-20)28-12-5-13-29(25,26)17-11-10-15-6-1-2-7-16(15)14-17/h1-11,13-14H,12H2/b13-5+. The summed E-state index contributed by atoms with van der Waals surface area (Å²) >= 11 is 7.37. The van der Waals surface area contributed by atoms with E-state index in [2.05, 4.69) is 10.2 Å². The highest BCUT2D eigenvalue weighted by molar-refractivity contribution is 7.99. The van der Waals surface area contributed by atoms with E-state index >= 15 is 0 Å². The van der Waals surface area contributed by atoms with E-state index in [1.54, 1.807) is 36.4 Å². The van der Waals surface area contributed by atoms with Crippen molar-refractivity contribution < 1.29 is 12.8 Å². The Balaban J connectivity index is 1.43. The average Bonchev–Trinajstić information content (AvgIpc) is 3.20. The van der Waals surface area contributed by atoms with Gasteiger partial charge in [0.2, 0.25) is 5.89 Å². The molecule has 0 N–H and O–H groups in total. The lowest BCUT2D eigenvalue weighted by Crippen LogP contribution is -1.96. The van der Waals surface area contributed by atoms with Gasteiger partial charge in [-0.2, -0.15) is 0 Å². The molecule has 4 rings (SSSR count). The Bertz CT molecular complexity index is 1300. The number of hydrogen-bond acceptors (Lipinski definition) is 6. The molecule has 0 saturated carbocycles. The van der Waals surface area contributed by atoms with Crippen molar-refractivity contribution in [1.82, 2.24) is 10.2 Å². The maximum atomic E-state index is 12.6. The van der Waals surface area contributed by atoms with E-state index in [1.807, 2.05) is 36.4 Å². The molecule has 0 atom stereocenters. The monoisotopic (exact) mass is 442 g/mol. The second kappa shape index (κ2) is 8.41. The normalized spacial score (nSPS) is 12.0. The first-order valence-corrected chi connectivity index (χ1v) is 11.6. The summed E-state index contributed by atoms with van der Waals surface area (Å²) in [5.41, 5.74) is 0.656. The van der Waals surface area contributed by atoms with E-state index in [0.717, 1.165) is 10.8 Å². The Morgan fingerprint density at radius 3 is 2.55 bits per heavy atom. The van der Waals surface area contributed by atoms with Gasteiger partial charge in [-0.15, -0.1) is 10.2 Å². The van der Waals surface area contributed by atoms with E-state index in [1.165, 1.54) is 17.2 Å². The van der Waals surface area contributed by atoms with Gasteiger partial charge in [0.25, 0.3) is 5.22 Å². The molecule has 0 spiro atoms. The minimum atomic E-state index is -3.53. The fourth-order valence-electron chi connectivity index (χ4n) is 2.72. The van der Waals surface area contributed by atoms with Crippen molar-refractivity contribution in [1.29, 1.82) is 0 Å². The minimum absolute atomic E-state index is 0.260. The third-order valence-electron chi connectivity index (χ3n) is 4.14. The van der Waals surface area contributed by atoms with Crippen LogP contribution in [0.2, 0.25) is 5.02 Å². The van der Waals surface area contributed by atoms with Gasteiger partial charge in [-0.05, 0) is 35.0 Å². The fraction of sp³-hybridized carbons (Fsp3) is 0.0476. The second-order valence-corrected chi connectivity index (χ2v) is 9.30. The third kappa shape index (κ3) is 4.53. The summed E-state index contributed by atoms with van der Waals surface area (Å²) in [6, 6.07) is 19.9. The molecule has 0 fully saturated rings. The molecular formula is C21H15ClN2O3S2. The Hall–Kier alpha value is -2.61. The molecule has 1 aromatic heterocycles. The van der Waals surface area contributed by atoms with E-state index in [9.17, 15) is 8.42 Å². The number of benzene rings is 3. The Morgan fingerprint density at radius 1 is 0.966 bits per heavy atom. The summed E-state index contributed by atoms with van der Waals surface area (Å²) in [5.74, 6) is 0.697. The molecular weight excluding hydrogens is 428 g/mol. The largest absolute Gasteiger partial charge is 0.411 e. The molecule has 0 aliphatic heterocycles. The van der Waals surface area contributed by atoms with Gasteiger partial charge in [0.1, 0.15) is 0 Å². The van der Waals surface area contributed by atoms with Crippen LogP contribution in [-0.2, 0) is 9.84 Å². The van der Waals surface area contributed by atoms with Crippen molar-refractivity contribution in [2.45, 2.75) is 10.1 Å². The van der Waals surface area contributed by atoms with Crippen molar-refractivity contribution in [2.75, 3.05) is 5.75 Å². The molecule has 0 aliphatic carbocycles. The van der Waals surface area contributed by atoms with Crippen molar-refractivity contribution in [3.63, 3.8) is 0 Å². The predicted octanol–water partition coefficient (Wildman–Crippen LogP) is 5.62. The van der Waals surface area contributed by atoms with Crippen LogP contribution in [0.5, 0.6) is 0 Å². The zero-order chi connectivity index (χ0) is 20.3. The lowest BCUT2D eigenvalue weighted by molar-refractivity contribution is 0.466. The van der Waals surface area contributed by atoms with E-state index in [4.69, 9.17) is 16.0 Å². The molecule has 5 nitrogen and oxygen atoms in total. The first kappa shape index (κ1) is 19.7. The van der Waals surface area contributed by atoms with E-state index in [-0.39, 0.29) is 4.90 Å². The molecule has 0 amide bonds. The maximum Gasteiger partial charge on any atom is 0.277 e. The Kier molecular flexibility index (Phi) is 5.71. The molecule has 8 heteroatoms. The maximum absolute atomic E-state index is 12.6. The van der Waals surface area contributed by atoms with Gasteiger partial charge in [0, 0.05) is 11.2 Å². The minimum Gasteiger partial charge on any atom is -0.411 e. The van der Waals surface area contributed by atoms with Gasteiger partial charge < -0.3 is 4.42 Å².